The molecular formula is C15H20N2O3S. The Labute approximate surface area is 128 Å². The van der Waals surface area contributed by atoms with Crippen LogP contribution in [0.1, 0.15) is 60.3 Å². The van der Waals surface area contributed by atoms with Crippen LogP contribution in [-0.4, -0.2) is 18.5 Å². The van der Waals surface area contributed by atoms with Gasteiger partial charge in [-0.05, 0) is 25.8 Å². The standard InChI is InChI=1S/C15H20N2O3S/c1-4-6-7-8-12(18)17-14-11(9-16)10(3)13(21-14)15(19)20-5-2/h4-8H2,1-3H3,(H,17,18). The zero-order chi connectivity index (χ0) is 15.8. The molecule has 0 fully saturated rings. The van der Waals surface area contributed by atoms with Crippen LogP contribution in [0, 0.1) is 18.3 Å². The SMILES string of the molecule is CCCCCC(=O)Nc1sc(C(=O)OCC)c(C)c1C#N. The molecule has 0 aliphatic heterocycles. The third kappa shape index (κ3) is 4.57. The second-order valence-electron chi connectivity index (χ2n) is 4.60. The zero-order valence-electron chi connectivity index (χ0n) is 12.6. The maximum atomic E-state index is 11.8. The van der Waals surface area contributed by atoms with Crippen LogP contribution >= 0.6 is 11.3 Å². The van der Waals surface area contributed by atoms with E-state index < -0.39 is 5.97 Å². The molecule has 0 saturated carbocycles. The lowest BCUT2D eigenvalue weighted by Gasteiger charge is -2.02. The monoisotopic (exact) mass is 308 g/mol. The largest absolute Gasteiger partial charge is 0.462 e. The van der Waals surface area contributed by atoms with Gasteiger partial charge in [0.05, 0.1) is 12.2 Å². The van der Waals surface area contributed by atoms with Crippen molar-refractivity contribution in [1.82, 2.24) is 0 Å². The molecule has 0 unspecified atom stereocenters. The van der Waals surface area contributed by atoms with Gasteiger partial charge < -0.3 is 10.1 Å². The second kappa shape index (κ2) is 8.42. The summed E-state index contributed by atoms with van der Waals surface area (Å²) in [7, 11) is 0. The lowest BCUT2D eigenvalue weighted by atomic mass is 10.1. The van der Waals surface area contributed by atoms with Gasteiger partial charge in [-0.1, -0.05) is 19.8 Å². The molecule has 114 valence electrons. The Bertz CT molecular complexity index is 558. The first kappa shape index (κ1) is 17.2. The molecular weight excluding hydrogens is 288 g/mol. The van der Waals surface area contributed by atoms with E-state index in [1.54, 1.807) is 13.8 Å². The fourth-order valence-electron chi connectivity index (χ4n) is 1.85. The topological polar surface area (TPSA) is 79.2 Å². The normalized spacial score (nSPS) is 10.0. The molecule has 1 N–H and O–H groups in total. The number of unbranched alkanes of at least 4 members (excludes halogenated alkanes) is 2. The fraction of sp³-hybridized carbons (Fsp3) is 0.533. The summed E-state index contributed by atoms with van der Waals surface area (Å²) in [4.78, 5) is 24.0. The maximum absolute atomic E-state index is 11.8. The number of hydrogen-bond donors (Lipinski definition) is 1. The highest BCUT2D eigenvalue weighted by Gasteiger charge is 2.21. The van der Waals surface area contributed by atoms with Crippen LogP contribution in [0.5, 0.6) is 0 Å². The highest BCUT2D eigenvalue weighted by atomic mass is 32.1. The van der Waals surface area contributed by atoms with Crippen molar-refractivity contribution in [3.8, 4) is 6.07 Å². The Kier molecular flexibility index (Phi) is 6.89. The number of carbonyl (C=O) groups is 2. The van der Waals surface area contributed by atoms with Crippen LogP contribution in [0.25, 0.3) is 0 Å². The van der Waals surface area contributed by atoms with Gasteiger partial charge in [0.1, 0.15) is 15.9 Å². The number of ether oxygens (including phenoxy) is 1. The molecule has 0 radical (unpaired) electrons. The van der Waals surface area contributed by atoms with Crippen molar-refractivity contribution in [1.29, 1.82) is 5.26 Å². The number of amides is 1. The number of nitrogens with zero attached hydrogens (tertiary/aromatic N) is 1. The molecule has 1 rings (SSSR count). The van der Waals surface area contributed by atoms with Crippen molar-refractivity contribution >= 4 is 28.2 Å². The van der Waals surface area contributed by atoms with Gasteiger partial charge in [0.25, 0.3) is 0 Å². The summed E-state index contributed by atoms with van der Waals surface area (Å²) in [6, 6.07) is 2.04. The molecule has 1 aromatic rings. The summed E-state index contributed by atoms with van der Waals surface area (Å²) >= 11 is 1.10. The highest BCUT2D eigenvalue weighted by Crippen LogP contribution is 2.33. The van der Waals surface area contributed by atoms with E-state index in [1.165, 1.54) is 0 Å². The van der Waals surface area contributed by atoms with E-state index in [2.05, 4.69) is 12.2 Å². The Morgan fingerprint density at radius 1 is 1.33 bits per heavy atom. The molecule has 6 heteroatoms. The third-order valence-corrected chi connectivity index (χ3v) is 4.17. The molecule has 0 spiro atoms. The fourth-order valence-corrected chi connectivity index (χ4v) is 2.92. The van der Waals surface area contributed by atoms with Gasteiger partial charge in [-0.15, -0.1) is 11.3 Å². The van der Waals surface area contributed by atoms with Crippen LogP contribution in [-0.2, 0) is 9.53 Å². The number of anilines is 1. The minimum atomic E-state index is -0.456. The molecule has 0 aromatic carbocycles. The van der Waals surface area contributed by atoms with Crippen molar-refractivity contribution in [2.45, 2.75) is 46.5 Å². The lowest BCUT2D eigenvalue weighted by molar-refractivity contribution is -0.116. The number of hydrogen-bond acceptors (Lipinski definition) is 5. The first-order valence-corrected chi connectivity index (χ1v) is 7.87. The van der Waals surface area contributed by atoms with Gasteiger partial charge in [0.2, 0.25) is 5.91 Å². The molecule has 0 aliphatic carbocycles. The average Bonchev–Trinajstić information content (AvgIpc) is 2.75. The zero-order valence-corrected chi connectivity index (χ0v) is 13.4. The summed E-state index contributed by atoms with van der Waals surface area (Å²) in [5.74, 6) is -0.584. The Morgan fingerprint density at radius 3 is 2.62 bits per heavy atom. The summed E-state index contributed by atoms with van der Waals surface area (Å²) in [5, 5.41) is 12.4. The number of carbonyl (C=O) groups excluding carboxylic acids is 2. The smallest absolute Gasteiger partial charge is 0.348 e. The van der Waals surface area contributed by atoms with Crippen molar-refractivity contribution in [2.75, 3.05) is 11.9 Å². The van der Waals surface area contributed by atoms with Crippen molar-refractivity contribution in [3.63, 3.8) is 0 Å². The van der Waals surface area contributed by atoms with Crippen LogP contribution in [0.2, 0.25) is 0 Å². The minimum Gasteiger partial charge on any atom is -0.462 e. The maximum Gasteiger partial charge on any atom is 0.348 e. The second-order valence-corrected chi connectivity index (χ2v) is 5.62. The first-order chi connectivity index (χ1) is 10.0. The first-order valence-electron chi connectivity index (χ1n) is 7.05. The van der Waals surface area contributed by atoms with Gasteiger partial charge >= 0.3 is 5.97 Å². The Hall–Kier alpha value is -1.87. The van der Waals surface area contributed by atoms with Gasteiger partial charge in [-0.3, -0.25) is 4.79 Å². The predicted octanol–water partition coefficient (Wildman–Crippen LogP) is 3.62. The Balaban J connectivity index is 2.87. The molecule has 5 nitrogen and oxygen atoms in total. The third-order valence-electron chi connectivity index (χ3n) is 2.98. The van der Waals surface area contributed by atoms with Crippen molar-refractivity contribution in [3.05, 3.63) is 16.0 Å². The molecule has 0 bridgehead atoms. The molecule has 0 atom stereocenters. The summed E-state index contributed by atoms with van der Waals surface area (Å²) in [6.07, 6.45) is 3.28. The summed E-state index contributed by atoms with van der Waals surface area (Å²) < 4.78 is 4.96. The number of esters is 1. The van der Waals surface area contributed by atoms with E-state index in [0.717, 1.165) is 30.6 Å². The van der Waals surface area contributed by atoms with Gasteiger partial charge in [-0.25, -0.2) is 4.79 Å². The summed E-state index contributed by atoms with van der Waals surface area (Å²) in [6.45, 7) is 5.76. The number of thiophene rings is 1. The molecule has 1 aromatic heterocycles. The van der Waals surface area contributed by atoms with E-state index >= 15 is 0 Å². The summed E-state index contributed by atoms with van der Waals surface area (Å²) in [5.41, 5.74) is 0.900. The number of rotatable bonds is 7. The van der Waals surface area contributed by atoms with E-state index in [9.17, 15) is 14.9 Å². The minimum absolute atomic E-state index is 0.128. The molecule has 21 heavy (non-hydrogen) atoms. The van der Waals surface area contributed by atoms with E-state index in [0.29, 0.717) is 27.4 Å². The average molecular weight is 308 g/mol. The number of nitriles is 1. The number of nitrogens with one attached hydrogen (secondary N) is 1. The van der Waals surface area contributed by atoms with Crippen LogP contribution in [0.3, 0.4) is 0 Å². The van der Waals surface area contributed by atoms with Gasteiger partial charge in [-0.2, -0.15) is 5.26 Å². The highest BCUT2D eigenvalue weighted by molar-refractivity contribution is 7.18. The van der Waals surface area contributed by atoms with Crippen LogP contribution in [0.4, 0.5) is 5.00 Å². The van der Waals surface area contributed by atoms with Crippen LogP contribution < -0.4 is 5.32 Å². The van der Waals surface area contributed by atoms with E-state index in [-0.39, 0.29) is 12.5 Å². The molecule has 1 amide bonds. The van der Waals surface area contributed by atoms with Gasteiger partial charge in [0, 0.05) is 6.42 Å². The van der Waals surface area contributed by atoms with Crippen molar-refractivity contribution in [2.24, 2.45) is 0 Å². The Morgan fingerprint density at radius 2 is 2.05 bits per heavy atom. The van der Waals surface area contributed by atoms with E-state index in [4.69, 9.17) is 4.74 Å². The van der Waals surface area contributed by atoms with E-state index in [1.807, 2.05) is 6.07 Å². The van der Waals surface area contributed by atoms with Crippen LogP contribution in [0.15, 0.2) is 0 Å². The molecule has 0 aliphatic rings. The quantitative estimate of drug-likeness (QED) is 0.616. The molecule has 0 saturated heterocycles. The molecule has 1 heterocycles. The van der Waals surface area contributed by atoms with Crippen molar-refractivity contribution < 1.29 is 14.3 Å². The predicted molar refractivity (Wildman–Crippen MR) is 82.5 cm³/mol. The lowest BCUT2D eigenvalue weighted by Crippen LogP contribution is -2.10. The van der Waals surface area contributed by atoms with Gasteiger partial charge in [0.15, 0.2) is 0 Å².